The standard InChI is InChI=1S/C18H14Cl2N4O/c19-15-6-7-16(17(20)10-15)18(11-24-13-21-12-22-24)23-25-9-8-14-4-2-1-3-5-14/h1-13,23H. The van der Waals surface area contributed by atoms with Gasteiger partial charge in [-0.2, -0.15) is 5.10 Å². The Balaban J connectivity index is 1.79. The van der Waals surface area contributed by atoms with Crippen molar-refractivity contribution in [3.8, 4) is 0 Å². The molecule has 3 rings (SSSR count). The number of hydrogen-bond acceptors (Lipinski definition) is 4. The minimum Gasteiger partial charge on any atom is -0.390 e. The van der Waals surface area contributed by atoms with Gasteiger partial charge in [0.25, 0.3) is 0 Å². The van der Waals surface area contributed by atoms with E-state index < -0.39 is 0 Å². The first-order chi connectivity index (χ1) is 12.2. The second kappa shape index (κ2) is 8.37. The summed E-state index contributed by atoms with van der Waals surface area (Å²) in [6.07, 6.45) is 8.09. The molecule has 0 saturated heterocycles. The molecule has 0 unspecified atom stereocenters. The highest BCUT2D eigenvalue weighted by Crippen LogP contribution is 2.26. The number of hydrogen-bond donors (Lipinski definition) is 1. The second-order valence-electron chi connectivity index (χ2n) is 4.98. The monoisotopic (exact) mass is 372 g/mol. The molecular formula is C18H14Cl2N4O. The maximum Gasteiger partial charge on any atom is 0.138 e. The number of benzene rings is 2. The van der Waals surface area contributed by atoms with E-state index in [2.05, 4.69) is 15.6 Å². The lowest BCUT2D eigenvalue weighted by Crippen LogP contribution is -2.11. The van der Waals surface area contributed by atoms with E-state index in [9.17, 15) is 0 Å². The summed E-state index contributed by atoms with van der Waals surface area (Å²) in [5.74, 6) is 0. The molecule has 25 heavy (non-hydrogen) atoms. The van der Waals surface area contributed by atoms with Crippen LogP contribution in [-0.2, 0) is 4.84 Å². The van der Waals surface area contributed by atoms with Crippen LogP contribution in [0, 0.1) is 0 Å². The summed E-state index contributed by atoms with van der Waals surface area (Å²) in [5.41, 5.74) is 5.21. The third-order valence-electron chi connectivity index (χ3n) is 3.22. The number of hydroxylamine groups is 1. The normalized spacial score (nSPS) is 11.7. The molecule has 0 fully saturated rings. The fraction of sp³-hybridized carbons (Fsp3) is 0. The summed E-state index contributed by atoms with van der Waals surface area (Å²) < 4.78 is 1.54. The summed E-state index contributed by atoms with van der Waals surface area (Å²) in [4.78, 5) is 9.35. The van der Waals surface area contributed by atoms with Crippen LogP contribution in [0.2, 0.25) is 10.0 Å². The molecule has 5 nitrogen and oxygen atoms in total. The van der Waals surface area contributed by atoms with Gasteiger partial charge in [0.1, 0.15) is 18.9 Å². The molecule has 1 N–H and O–H groups in total. The van der Waals surface area contributed by atoms with E-state index in [0.29, 0.717) is 15.7 Å². The highest BCUT2D eigenvalue weighted by Gasteiger charge is 2.08. The Bertz CT molecular complexity index is 877. The van der Waals surface area contributed by atoms with Gasteiger partial charge in [0.2, 0.25) is 0 Å². The fourth-order valence-corrected chi connectivity index (χ4v) is 2.56. The topological polar surface area (TPSA) is 52.0 Å². The van der Waals surface area contributed by atoms with E-state index in [1.807, 2.05) is 36.4 Å². The molecule has 0 atom stereocenters. The van der Waals surface area contributed by atoms with Gasteiger partial charge in [-0.3, -0.25) is 0 Å². The van der Waals surface area contributed by atoms with Gasteiger partial charge in [0.15, 0.2) is 0 Å². The second-order valence-corrected chi connectivity index (χ2v) is 5.82. The Kier molecular flexibility index (Phi) is 5.72. The molecule has 0 spiro atoms. The average molecular weight is 373 g/mol. The van der Waals surface area contributed by atoms with E-state index in [-0.39, 0.29) is 0 Å². The first-order valence-corrected chi connectivity index (χ1v) is 8.12. The number of aromatic nitrogens is 3. The molecule has 1 aromatic heterocycles. The first kappa shape index (κ1) is 17.1. The summed E-state index contributed by atoms with van der Waals surface area (Å²) in [6.45, 7) is 0. The van der Waals surface area contributed by atoms with Gasteiger partial charge in [-0.05, 0) is 29.8 Å². The zero-order valence-corrected chi connectivity index (χ0v) is 14.5. The lowest BCUT2D eigenvalue weighted by molar-refractivity contribution is 0.187. The summed E-state index contributed by atoms with van der Waals surface area (Å²) in [5, 5.41) is 5.09. The molecule has 0 bridgehead atoms. The molecule has 0 aliphatic heterocycles. The van der Waals surface area contributed by atoms with E-state index in [1.54, 1.807) is 37.0 Å². The molecular weight excluding hydrogens is 359 g/mol. The van der Waals surface area contributed by atoms with Crippen LogP contribution in [0.5, 0.6) is 0 Å². The molecule has 3 aromatic rings. The van der Waals surface area contributed by atoms with Crippen LogP contribution >= 0.6 is 23.2 Å². The van der Waals surface area contributed by atoms with Gasteiger partial charge in [0, 0.05) is 10.6 Å². The quantitative estimate of drug-likeness (QED) is 0.501. The zero-order chi connectivity index (χ0) is 17.5. The molecule has 1 heterocycles. The minimum absolute atomic E-state index is 0.488. The maximum absolute atomic E-state index is 6.29. The van der Waals surface area contributed by atoms with Crippen LogP contribution < -0.4 is 5.48 Å². The molecule has 2 aromatic carbocycles. The van der Waals surface area contributed by atoms with Crippen LogP contribution in [0.25, 0.3) is 18.0 Å². The van der Waals surface area contributed by atoms with Gasteiger partial charge in [-0.15, -0.1) is 0 Å². The molecule has 0 radical (unpaired) electrons. The van der Waals surface area contributed by atoms with Crippen LogP contribution in [0.1, 0.15) is 11.1 Å². The average Bonchev–Trinajstić information content (AvgIpc) is 3.12. The lowest BCUT2D eigenvalue weighted by atomic mass is 10.2. The van der Waals surface area contributed by atoms with Crippen molar-refractivity contribution in [2.45, 2.75) is 0 Å². The van der Waals surface area contributed by atoms with Gasteiger partial charge >= 0.3 is 0 Å². The Morgan fingerprint density at radius 2 is 1.96 bits per heavy atom. The van der Waals surface area contributed by atoms with Crippen LogP contribution in [0.15, 0.2) is 67.4 Å². The predicted molar refractivity (Wildman–Crippen MR) is 100 cm³/mol. The molecule has 0 amide bonds. The highest BCUT2D eigenvalue weighted by atomic mass is 35.5. The van der Waals surface area contributed by atoms with Crippen molar-refractivity contribution in [3.63, 3.8) is 0 Å². The predicted octanol–water partition coefficient (Wildman–Crippen LogP) is 4.73. The van der Waals surface area contributed by atoms with Gasteiger partial charge in [-0.25, -0.2) is 15.1 Å². The van der Waals surface area contributed by atoms with Crippen molar-refractivity contribution in [2.24, 2.45) is 0 Å². The number of rotatable bonds is 6. The molecule has 126 valence electrons. The molecule has 7 heteroatoms. The third-order valence-corrected chi connectivity index (χ3v) is 3.76. The number of nitrogens with one attached hydrogen (secondary N) is 1. The van der Waals surface area contributed by atoms with Crippen molar-refractivity contribution in [3.05, 3.63) is 88.6 Å². The van der Waals surface area contributed by atoms with Gasteiger partial charge in [-0.1, -0.05) is 53.5 Å². The molecule has 0 saturated carbocycles. The zero-order valence-electron chi connectivity index (χ0n) is 13.0. The number of nitrogens with zero attached hydrogens (tertiary/aromatic N) is 3. The van der Waals surface area contributed by atoms with Gasteiger partial charge < -0.3 is 4.84 Å². The Morgan fingerprint density at radius 3 is 2.68 bits per heavy atom. The SMILES string of the molecule is Clc1ccc(C(=Cn2cncn2)NOC=Cc2ccccc2)c(Cl)c1. The Hall–Kier alpha value is -2.76. The van der Waals surface area contributed by atoms with Crippen LogP contribution in [0.4, 0.5) is 0 Å². The van der Waals surface area contributed by atoms with Crippen molar-refractivity contribution < 1.29 is 4.84 Å². The van der Waals surface area contributed by atoms with Crippen molar-refractivity contribution in [1.29, 1.82) is 0 Å². The van der Waals surface area contributed by atoms with Gasteiger partial charge in [0.05, 0.1) is 16.9 Å². The van der Waals surface area contributed by atoms with Crippen LogP contribution in [0.3, 0.4) is 0 Å². The largest absolute Gasteiger partial charge is 0.390 e. The smallest absolute Gasteiger partial charge is 0.138 e. The van der Waals surface area contributed by atoms with E-state index in [4.69, 9.17) is 28.0 Å². The third kappa shape index (κ3) is 4.86. The van der Waals surface area contributed by atoms with E-state index >= 15 is 0 Å². The summed E-state index contributed by atoms with van der Waals surface area (Å²) >= 11 is 12.3. The van der Waals surface area contributed by atoms with Crippen molar-refractivity contribution >= 4 is 41.2 Å². The minimum atomic E-state index is 0.488. The lowest BCUT2D eigenvalue weighted by Gasteiger charge is -2.11. The maximum atomic E-state index is 6.29. The van der Waals surface area contributed by atoms with Crippen molar-refractivity contribution in [1.82, 2.24) is 20.2 Å². The molecule has 0 aliphatic rings. The van der Waals surface area contributed by atoms with Crippen LogP contribution in [-0.4, -0.2) is 14.8 Å². The highest BCUT2D eigenvalue weighted by molar-refractivity contribution is 6.35. The summed E-state index contributed by atoms with van der Waals surface area (Å²) in [7, 11) is 0. The molecule has 0 aliphatic carbocycles. The Morgan fingerprint density at radius 1 is 1.12 bits per heavy atom. The first-order valence-electron chi connectivity index (χ1n) is 7.37. The van der Waals surface area contributed by atoms with E-state index in [0.717, 1.165) is 11.1 Å². The Labute approximate surface area is 155 Å². The fourth-order valence-electron chi connectivity index (χ4n) is 2.05. The van der Waals surface area contributed by atoms with E-state index in [1.165, 1.54) is 11.0 Å². The number of halogens is 2. The van der Waals surface area contributed by atoms with Crippen molar-refractivity contribution in [2.75, 3.05) is 0 Å². The summed E-state index contributed by atoms with van der Waals surface area (Å²) in [6, 6.07) is 15.0.